The maximum atomic E-state index is 11.9. The summed E-state index contributed by atoms with van der Waals surface area (Å²) < 4.78 is 6.50. The van der Waals surface area contributed by atoms with Crippen molar-refractivity contribution in [3.05, 3.63) is 27.7 Å². The fourth-order valence-electron chi connectivity index (χ4n) is 2.67. The van der Waals surface area contributed by atoms with Crippen molar-refractivity contribution in [1.29, 1.82) is 0 Å². The molecular weight excluding hydrogens is 358 g/mol. The number of halogens is 2. The summed E-state index contributed by atoms with van der Waals surface area (Å²) in [5.41, 5.74) is -0.710. The van der Waals surface area contributed by atoms with Crippen LogP contribution in [0.4, 0.5) is 5.69 Å². The Kier molecular flexibility index (Phi) is 4.85. The first-order valence-corrected chi connectivity index (χ1v) is 8.08. The summed E-state index contributed by atoms with van der Waals surface area (Å²) in [4.78, 5) is 11.9. The van der Waals surface area contributed by atoms with E-state index in [0.717, 1.165) is 16.6 Å². The van der Waals surface area contributed by atoms with E-state index >= 15 is 0 Å². The molecule has 1 aromatic rings. The fourth-order valence-corrected chi connectivity index (χ4v) is 3.17. The van der Waals surface area contributed by atoms with Gasteiger partial charge in [-0.15, -0.1) is 0 Å². The van der Waals surface area contributed by atoms with Crippen LogP contribution in [0.1, 0.15) is 33.1 Å². The van der Waals surface area contributed by atoms with Crippen molar-refractivity contribution in [3.8, 4) is 0 Å². The largest absolute Gasteiger partial charge is 0.480 e. The van der Waals surface area contributed by atoms with E-state index in [2.05, 4.69) is 21.2 Å². The van der Waals surface area contributed by atoms with E-state index in [-0.39, 0.29) is 0 Å². The van der Waals surface area contributed by atoms with E-state index in [1.54, 1.807) is 18.2 Å². The molecule has 0 aliphatic carbocycles. The third-order valence-electron chi connectivity index (χ3n) is 4.12. The Morgan fingerprint density at radius 2 is 2.29 bits per heavy atom. The zero-order valence-electron chi connectivity index (χ0n) is 12.1. The normalized spacial score (nSPS) is 29.1. The number of rotatable bonds is 4. The highest BCUT2D eigenvalue weighted by molar-refractivity contribution is 9.10. The maximum Gasteiger partial charge on any atom is 0.329 e. The fraction of sp³-hybridized carbons (Fsp3) is 0.533. The second kappa shape index (κ2) is 6.15. The lowest BCUT2D eigenvalue weighted by atomic mass is 9.79. The molecule has 1 aliphatic rings. The zero-order chi connectivity index (χ0) is 15.7. The first kappa shape index (κ1) is 16.6. The molecule has 1 fully saturated rings. The molecule has 0 spiro atoms. The van der Waals surface area contributed by atoms with Crippen molar-refractivity contribution in [2.45, 2.75) is 44.2 Å². The summed E-state index contributed by atoms with van der Waals surface area (Å²) in [7, 11) is 0. The van der Waals surface area contributed by atoms with Gasteiger partial charge in [0.15, 0.2) is 0 Å². The van der Waals surface area contributed by atoms with Crippen molar-refractivity contribution in [1.82, 2.24) is 0 Å². The van der Waals surface area contributed by atoms with Gasteiger partial charge in [-0.25, -0.2) is 4.79 Å². The minimum absolute atomic E-state index is 0.423. The Hall–Kier alpha value is -0.780. The molecule has 2 unspecified atom stereocenters. The Bertz CT molecular complexity index is 554. The van der Waals surface area contributed by atoms with Crippen LogP contribution in [0.5, 0.6) is 0 Å². The zero-order valence-corrected chi connectivity index (χ0v) is 14.4. The SMILES string of the molecule is CCC1(C)CC(Nc2ccc(Cl)c(Br)c2)(C(=O)O)CCO1. The van der Waals surface area contributed by atoms with Crippen LogP contribution < -0.4 is 5.32 Å². The Balaban J connectivity index is 2.30. The van der Waals surface area contributed by atoms with Crippen molar-refractivity contribution >= 4 is 39.2 Å². The Morgan fingerprint density at radius 3 is 2.86 bits per heavy atom. The lowest BCUT2D eigenvalue weighted by molar-refractivity contribution is -0.154. The Morgan fingerprint density at radius 1 is 1.57 bits per heavy atom. The summed E-state index contributed by atoms with van der Waals surface area (Å²) in [6.45, 7) is 4.40. The van der Waals surface area contributed by atoms with Gasteiger partial charge < -0.3 is 15.2 Å². The van der Waals surface area contributed by atoms with E-state index in [1.807, 2.05) is 13.8 Å². The average molecular weight is 377 g/mol. The number of anilines is 1. The van der Waals surface area contributed by atoms with Gasteiger partial charge in [0.1, 0.15) is 5.54 Å². The molecule has 2 N–H and O–H groups in total. The molecule has 1 aliphatic heterocycles. The molecule has 6 heteroatoms. The number of nitrogens with one attached hydrogen (secondary N) is 1. The molecule has 0 radical (unpaired) electrons. The quantitative estimate of drug-likeness (QED) is 0.822. The van der Waals surface area contributed by atoms with E-state index < -0.39 is 17.1 Å². The van der Waals surface area contributed by atoms with Crippen LogP contribution >= 0.6 is 27.5 Å². The van der Waals surface area contributed by atoms with E-state index in [4.69, 9.17) is 16.3 Å². The second-order valence-corrected chi connectivity index (χ2v) is 6.98. The predicted molar refractivity (Wildman–Crippen MR) is 87.0 cm³/mol. The molecule has 4 nitrogen and oxygen atoms in total. The van der Waals surface area contributed by atoms with Gasteiger partial charge in [-0.05, 0) is 47.5 Å². The molecule has 1 heterocycles. The third kappa shape index (κ3) is 3.52. The summed E-state index contributed by atoms with van der Waals surface area (Å²) in [6, 6.07) is 5.32. The summed E-state index contributed by atoms with van der Waals surface area (Å²) in [5, 5.41) is 13.5. The maximum absolute atomic E-state index is 11.9. The van der Waals surface area contributed by atoms with E-state index in [0.29, 0.717) is 24.5 Å². The van der Waals surface area contributed by atoms with E-state index in [9.17, 15) is 9.90 Å². The first-order chi connectivity index (χ1) is 9.80. The monoisotopic (exact) mass is 375 g/mol. The Labute approximate surface area is 138 Å². The van der Waals surface area contributed by atoms with Crippen molar-refractivity contribution in [2.75, 3.05) is 11.9 Å². The summed E-state index contributed by atoms with van der Waals surface area (Å²) >= 11 is 9.33. The smallest absolute Gasteiger partial charge is 0.329 e. The minimum Gasteiger partial charge on any atom is -0.480 e. The molecule has 2 atom stereocenters. The average Bonchev–Trinajstić information content (AvgIpc) is 2.43. The minimum atomic E-state index is -1.02. The topological polar surface area (TPSA) is 58.6 Å². The molecule has 1 aromatic carbocycles. The highest BCUT2D eigenvalue weighted by atomic mass is 79.9. The van der Waals surface area contributed by atoms with Gasteiger partial charge in [-0.3, -0.25) is 0 Å². The lowest BCUT2D eigenvalue weighted by Gasteiger charge is -2.44. The molecule has 0 aromatic heterocycles. The highest BCUT2D eigenvalue weighted by Crippen LogP contribution is 2.38. The van der Waals surface area contributed by atoms with Crippen LogP contribution in [0.2, 0.25) is 5.02 Å². The molecule has 2 rings (SSSR count). The van der Waals surface area contributed by atoms with Crippen molar-refractivity contribution in [2.24, 2.45) is 0 Å². The molecule has 116 valence electrons. The number of carboxylic acids is 1. The number of hydrogen-bond acceptors (Lipinski definition) is 3. The van der Waals surface area contributed by atoms with Crippen LogP contribution in [-0.2, 0) is 9.53 Å². The van der Waals surface area contributed by atoms with Gasteiger partial charge in [0, 0.05) is 23.0 Å². The lowest BCUT2D eigenvalue weighted by Crippen LogP contribution is -2.56. The molecular formula is C15H19BrClNO3. The van der Waals surface area contributed by atoms with Crippen molar-refractivity contribution < 1.29 is 14.6 Å². The van der Waals surface area contributed by atoms with Gasteiger partial charge in [0.25, 0.3) is 0 Å². The first-order valence-electron chi connectivity index (χ1n) is 6.91. The number of carbonyl (C=O) groups is 1. The standard InChI is InChI=1S/C15H19BrClNO3/c1-3-14(2)9-15(13(19)20,6-7-21-14)18-10-4-5-12(17)11(16)8-10/h4-5,8,18H,3,6-7,9H2,1-2H3,(H,19,20). The summed E-state index contributed by atoms with van der Waals surface area (Å²) in [6.07, 6.45) is 1.62. The van der Waals surface area contributed by atoms with Crippen LogP contribution in [0, 0.1) is 0 Å². The van der Waals surface area contributed by atoms with E-state index in [1.165, 1.54) is 0 Å². The number of ether oxygens (including phenoxy) is 1. The highest BCUT2D eigenvalue weighted by Gasteiger charge is 2.47. The molecule has 0 bridgehead atoms. The van der Waals surface area contributed by atoms with Gasteiger partial charge >= 0.3 is 5.97 Å². The van der Waals surface area contributed by atoms with Gasteiger partial charge in [-0.1, -0.05) is 18.5 Å². The van der Waals surface area contributed by atoms with Crippen LogP contribution in [0.3, 0.4) is 0 Å². The molecule has 0 amide bonds. The predicted octanol–water partition coefficient (Wildman–Crippen LogP) is 4.32. The number of carboxylic acid groups (broad SMARTS) is 1. The van der Waals surface area contributed by atoms with Crippen LogP contribution in [0.25, 0.3) is 0 Å². The second-order valence-electron chi connectivity index (χ2n) is 5.72. The van der Waals surface area contributed by atoms with Gasteiger partial charge in [-0.2, -0.15) is 0 Å². The van der Waals surface area contributed by atoms with Crippen LogP contribution in [-0.4, -0.2) is 28.8 Å². The number of benzene rings is 1. The summed E-state index contributed by atoms with van der Waals surface area (Å²) in [5.74, 6) is -0.850. The number of aliphatic carboxylic acids is 1. The number of hydrogen-bond donors (Lipinski definition) is 2. The molecule has 21 heavy (non-hydrogen) atoms. The molecule has 1 saturated heterocycles. The van der Waals surface area contributed by atoms with Crippen LogP contribution in [0.15, 0.2) is 22.7 Å². The van der Waals surface area contributed by atoms with Crippen molar-refractivity contribution in [3.63, 3.8) is 0 Å². The third-order valence-corrected chi connectivity index (χ3v) is 5.33. The molecule has 0 saturated carbocycles. The van der Waals surface area contributed by atoms with Gasteiger partial charge in [0.2, 0.25) is 0 Å². The van der Waals surface area contributed by atoms with Gasteiger partial charge in [0.05, 0.1) is 17.2 Å².